The van der Waals surface area contributed by atoms with Crippen LogP contribution in [0.3, 0.4) is 0 Å². The lowest BCUT2D eigenvalue weighted by molar-refractivity contribution is 0.209. The molecular weight excluding hydrogens is 286 g/mol. The molecule has 0 saturated heterocycles. The predicted octanol–water partition coefficient (Wildman–Crippen LogP) is 3.18. The van der Waals surface area contributed by atoms with Crippen LogP contribution in [0.2, 0.25) is 0 Å². The van der Waals surface area contributed by atoms with Crippen molar-refractivity contribution in [1.82, 2.24) is 0 Å². The maximum atomic E-state index is 10.6. The number of aliphatic imine (C=N–C) groups is 1. The number of furan rings is 1. The molecule has 1 aliphatic rings. The monoisotopic (exact) mass is 301 g/mol. The SMILES string of the molecule is Cc1ccc(CN=C2Nc3ccc(NC(=O)O)cc3CO2)o1. The molecule has 0 radical (unpaired) electrons. The molecule has 7 nitrogen and oxygen atoms in total. The smallest absolute Gasteiger partial charge is 0.409 e. The van der Waals surface area contributed by atoms with Crippen molar-refractivity contribution in [3.05, 3.63) is 47.4 Å². The number of hydrogen-bond donors (Lipinski definition) is 3. The van der Waals surface area contributed by atoms with Gasteiger partial charge in [-0.25, -0.2) is 9.79 Å². The lowest BCUT2D eigenvalue weighted by Crippen LogP contribution is -2.22. The molecule has 0 fully saturated rings. The van der Waals surface area contributed by atoms with Crippen LogP contribution in [0.4, 0.5) is 16.2 Å². The predicted molar refractivity (Wildman–Crippen MR) is 81.1 cm³/mol. The van der Waals surface area contributed by atoms with Gasteiger partial charge in [-0.1, -0.05) is 0 Å². The van der Waals surface area contributed by atoms with Crippen molar-refractivity contribution >= 4 is 23.5 Å². The van der Waals surface area contributed by atoms with Gasteiger partial charge in [-0.2, -0.15) is 0 Å². The van der Waals surface area contributed by atoms with E-state index in [0.717, 1.165) is 22.8 Å². The first kappa shape index (κ1) is 14.0. The van der Waals surface area contributed by atoms with Crippen molar-refractivity contribution in [2.75, 3.05) is 10.6 Å². The molecule has 0 atom stereocenters. The highest BCUT2D eigenvalue weighted by Crippen LogP contribution is 2.25. The fourth-order valence-corrected chi connectivity index (χ4v) is 2.14. The van der Waals surface area contributed by atoms with Crippen LogP contribution in [-0.4, -0.2) is 17.2 Å². The highest BCUT2D eigenvalue weighted by atomic mass is 16.5. The summed E-state index contributed by atoms with van der Waals surface area (Å²) in [5.41, 5.74) is 2.21. The van der Waals surface area contributed by atoms with Crippen LogP contribution in [0.5, 0.6) is 0 Å². The summed E-state index contributed by atoms with van der Waals surface area (Å²) in [5, 5.41) is 14.1. The summed E-state index contributed by atoms with van der Waals surface area (Å²) in [4.78, 5) is 14.9. The number of carbonyl (C=O) groups is 1. The number of nitrogens with zero attached hydrogens (tertiary/aromatic N) is 1. The third-order valence-electron chi connectivity index (χ3n) is 3.14. The molecule has 2 aromatic rings. The van der Waals surface area contributed by atoms with E-state index in [1.807, 2.05) is 19.1 Å². The molecule has 114 valence electrons. The van der Waals surface area contributed by atoms with E-state index < -0.39 is 6.09 Å². The Kier molecular flexibility index (Phi) is 3.69. The molecule has 0 unspecified atom stereocenters. The summed E-state index contributed by atoms with van der Waals surface area (Å²) < 4.78 is 11.0. The van der Waals surface area contributed by atoms with Crippen LogP contribution >= 0.6 is 0 Å². The number of anilines is 2. The summed E-state index contributed by atoms with van der Waals surface area (Å²) in [6.45, 7) is 2.60. The normalized spacial score (nSPS) is 14.9. The van der Waals surface area contributed by atoms with Gasteiger partial charge in [0.15, 0.2) is 0 Å². The molecule has 0 bridgehead atoms. The van der Waals surface area contributed by atoms with E-state index >= 15 is 0 Å². The van der Waals surface area contributed by atoms with Gasteiger partial charge in [0.05, 0.1) is 0 Å². The van der Waals surface area contributed by atoms with Gasteiger partial charge in [-0.15, -0.1) is 0 Å². The Morgan fingerprint density at radius 3 is 3.00 bits per heavy atom. The maximum absolute atomic E-state index is 10.6. The second-order valence-electron chi connectivity index (χ2n) is 4.85. The number of rotatable bonds is 3. The van der Waals surface area contributed by atoms with Crippen molar-refractivity contribution in [1.29, 1.82) is 0 Å². The van der Waals surface area contributed by atoms with Crippen molar-refractivity contribution in [2.45, 2.75) is 20.1 Å². The minimum absolute atomic E-state index is 0.327. The molecule has 2 heterocycles. The van der Waals surface area contributed by atoms with Gasteiger partial charge in [0.25, 0.3) is 6.02 Å². The van der Waals surface area contributed by atoms with Crippen molar-refractivity contribution in [2.24, 2.45) is 4.99 Å². The van der Waals surface area contributed by atoms with Gasteiger partial charge in [0.2, 0.25) is 0 Å². The Hall–Kier alpha value is -2.96. The standard InChI is InChI=1S/C15H15N3O4/c1-9-2-4-12(22-9)7-16-14-18-13-5-3-11(17-15(19)20)6-10(13)8-21-14/h2-6,17H,7-8H2,1H3,(H,16,18)(H,19,20). The number of carboxylic acid groups (broad SMARTS) is 1. The fourth-order valence-electron chi connectivity index (χ4n) is 2.14. The number of fused-ring (bicyclic) bond motifs is 1. The third kappa shape index (κ3) is 3.20. The number of hydrogen-bond acceptors (Lipinski definition) is 4. The molecule has 0 spiro atoms. The van der Waals surface area contributed by atoms with E-state index in [1.54, 1.807) is 18.2 Å². The Bertz CT molecular complexity index is 736. The molecule has 1 aromatic heterocycles. The number of aryl methyl sites for hydroxylation is 1. The highest BCUT2D eigenvalue weighted by molar-refractivity contribution is 5.92. The number of nitrogens with one attached hydrogen (secondary N) is 2. The summed E-state index contributed by atoms with van der Waals surface area (Å²) in [6, 6.07) is 9.37. The first-order valence-corrected chi connectivity index (χ1v) is 6.72. The quantitative estimate of drug-likeness (QED) is 0.809. The number of benzene rings is 1. The number of ether oxygens (including phenoxy) is 1. The molecule has 22 heavy (non-hydrogen) atoms. The number of amidine groups is 1. The molecule has 0 saturated carbocycles. The van der Waals surface area contributed by atoms with Crippen LogP contribution in [-0.2, 0) is 17.9 Å². The van der Waals surface area contributed by atoms with Crippen LogP contribution in [0.1, 0.15) is 17.1 Å². The minimum Gasteiger partial charge on any atom is -0.465 e. The fraction of sp³-hybridized carbons (Fsp3) is 0.200. The van der Waals surface area contributed by atoms with Gasteiger partial charge < -0.3 is 19.6 Å². The molecule has 1 aliphatic heterocycles. The second kappa shape index (κ2) is 5.80. The van der Waals surface area contributed by atoms with Crippen LogP contribution in [0.25, 0.3) is 0 Å². The first-order valence-electron chi connectivity index (χ1n) is 6.72. The Balaban J connectivity index is 1.69. The van der Waals surface area contributed by atoms with Gasteiger partial charge in [-0.3, -0.25) is 5.32 Å². The minimum atomic E-state index is -1.10. The van der Waals surface area contributed by atoms with Crippen molar-refractivity contribution in [3.63, 3.8) is 0 Å². The van der Waals surface area contributed by atoms with Crippen molar-refractivity contribution < 1.29 is 19.1 Å². The number of amides is 1. The third-order valence-corrected chi connectivity index (χ3v) is 3.14. The van der Waals surface area contributed by atoms with Gasteiger partial charge in [0, 0.05) is 16.9 Å². The van der Waals surface area contributed by atoms with Crippen LogP contribution < -0.4 is 10.6 Å². The second-order valence-corrected chi connectivity index (χ2v) is 4.85. The maximum Gasteiger partial charge on any atom is 0.409 e. The Labute approximate surface area is 126 Å². The van der Waals surface area contributed by atoms with Gasteiger partial charge in [0.1, 0.15) is 24.7 Å². The zero-order valence-corrected chi connectivity index (χ0v) is 11.9. The largest absolute Gasteiger partial charge is 0.465 e. The highest BCUT2D eigenvalue weighted by Gasteiger charge is 2.15. The van der Waals surface area contributed by atoms with E-state index in [0.29, 0.717) is 24.9 Å². The van der Waals surface area contributed by atoms with E-state index in [-0.39, 0.29) is 0 Å². The zero-order chi connectivity index (χ0) is 15.5. The Morgan fingerprint density at radius 2 is 2.27 bits per heavy atom. The van der Waals surface area contributed by atoms with E-state index in [4.69, 9.17) is 14.3 Å². The topological polar surface area (TPSA) is 96.1 Å². The summed E-state index contributed by atoms with van der Waals surface area (Å²) in [7, 11) is 0. The van der Waals surface area contributed by atoms with Crippen LogP contribution in [0, 0.1) is 6.92 Å². The average Bonchev–Trinajstić information content (AvgIpc) is 2.90. The van der Waals surface area contributed by atoms with E-state index in [9.17, 15) is 4.79 Å². The van der Waals surface area contributed by atoms with E-state index in [2.05, 4.69) is 15.6 Å². The van der Waals surface area contributed by atoms with Gasteiger partial charge in [-0.05, 0) is 37.3 Å². The molecule has 3 N–H and O–H groups in total. The molecule has 1 aromatic carbocycles. The molecule has 0 aliphatic carbocycles. The van der Waals surface area contributed by atoms with Crippen molar-refractivity contribution in [3.8, 4) is 0 Å². The van der Waals surface area contributed by atoms with Crippen LogP contribution in [0.15, 0.2) is 39.7 Å². The lowest BCUT2D eigenvalue weighted by atomic mass is 10.1. The zero-order valence-electron chi connectivity index (χ0n) is 11.9. The van der Waals surface area contributed by atoms with E-state index in [1.165, 1.54) is 0 Å². The average molecular weight is 301 g/mol. The summed E-state index contributed by atoms with van der Waals surface area (Å²) in [5.74, 6) is 1.61. The molecule has 7 heteroatoms. The molecular formula is C15H15N3O4. The Morgan fingerprint density at radius 1 is 1.41 bits per heavy atom. The summed E-state index contributed by atoms with van der Waals surface area (Å²) in [6.07, 6.45) is -1.10. The summed E-state index contributed by atoms with van der Waals surface area (Å²) >= 11 is 0. The molecule has 1 amide bonds. The lowest BCUT2D eigenvalue weighted by Gasteiger charge is -2.21. The van der Waals surface area contributed by atoms with Gasteiger partial charge >= 0.3 is 6.09 Å². The first-order chi connectivity index (χ1) is 10.6. The molecule has 3 rings (SSSR count).